The minimum Gasteiger partial charge on any atom is -0.493 e. The number of hydrogen-bond acceptors (Lipinski definition) is 5. The van der Waals surface area contributed by atoms with Gasteiger partial charge in [-0.25, -0.2) is 0 Å². The van der Waals surface area contributed by atoms with Crippen LogP contribution in [0.3, 0.4) is 0 Å². The number of carbonyl (C=O) groups is 1. The van der Waals surface area contributed by atoms with Crippen LogP contribution < -0.4 is 10.9 Å². The molecule has 2 aromatic rings. The highest BCUT2D eigenvalue weighted by molar-refractivity contribution is 7.99. The minimum atomic E-state index is -0.324. The number of carbonyl (C=O) groups excluding carboxylic acids is 1. The average molecular weight is 408 g/mol. The molecule has 1 amide bonds. The lowest BCUT2D eigenvalue weighted by Crippen LogP contribution is -2.26. The predicted molar refractivity (Wildman–Crippen MR) is 108 cm³/mol. The third-order valence-electron chi connectivity index (χ3n) is 4.62. The molecule has 0 unspecified atom stereocenters. The zero-order valence-electron chi connectivity index (χ0n) is 15.3. The van der Waals surface area contributed by atoms with Crippen LogP contribution in [0.4, 0.5) is 5.69 Å². The van der Waals surface area contributed by atoms with Crippen molar-refractivity contribution >= 4 is 35.0 Å². The van der Waals surface area contributed by atoms with Gasteiger partial charge >= 0.3 is 0 Å². The van der Waals surface area contributed by atoms with E-state index in [9.17, 15) is 14.7 Å². The third-order valence-corrected chi connectivity index (χ3v) is 5.88. The van der Waals surface area contributed by atoms with Crippen LogP contribution in [-0.4, -0.2) is 26.3 Å². The first-order valence-electron chi connectivity index (χ1n) is 8.87. The summed E-state index contributed by atoms with van der Waals surface area (Å²) in [7, 11) is 0. The fourth-order valence-corrected chi connectivity index (χ4v) is 4.68. The van der Waals surface area contributed by atoms with Crippen LogP contribution in [0.25, 0.3) is 0 Å². The van der Waals surface area contributed by atoms with E-state index in [0.29, 0.717) is 15.9 Å². The summed E-state index contributed by atoms with van der Waals surface area (Å²) >= 11 is 7.38. The SMILES string of the molecule is Cc1cc(C)c(NC(=O)CSc2nc(O)cc(=O)n2C2CCCC2)c(Cl)c1. The van der Waals surface area contributed by atoms with E-state index >= 15 is 0 Å². The average Bonchev–Trinajstić information content (AvgIpc) is 3.09. The van der Waals surface area contributed by atoms with E-state index in [1.54, 1.807) is 10.6 Å². The van der Waals surface area contributed by atoms with Crippen LogP contribution in [0.5, 0.6) is 5.88 Å². The number of nitrogens with zero attached hydrogens (tertiary/aromatic N) is 2. The van der Waals surface area contributed by atoms with Crippen molar-refractivity contribution in [2.24, 2.45) is 0 Å². The zero-order valence-corrected chi connectivity index (χ0v) is 16.9. The second-order valence-corrected chi connectivity index (χ2v) is 8.17. The number of benzene rings is 1. The minimum absolute atomic E-state index is 0.0618. The van der Waals surface area contributed by atoms with Crippen molar-refractivity contribution in [3.63, 3.8) is 0 Å². The number of nitrogens with one attached hydrogen (secondary N) is 1. The van der Waals surface area contributed by atoms with Gasteiger partial charge in [-0.2, -0.15) is 4.98 Å². The molecule has 0 saturated heterocycles. The molecule has 6 nitrogen and oxygen atoms in total. The number of anilines is 1. The molecule has 0 radical (unpaired) electrons. The van der Waals surface area contributed by atoms with E-state index in [1.165, 1.54) is 0 Å². The van der Waals surface area contributed by atoms with Crippen molar-refractivity contribution in [1.29, 1.82) is 0 Å². The van der Waals surface area contributed by atoms with Gasteiger partial charge in [0.25, 0.3) is 5.56 Å². The van der Waals surface area contributed by atoms with Gasteiger partial charge in [0.2, 0.25) is 11.8 Å². The van der Waals surface area contributed by atoms with Gasteiger partial charge in [-0.1, -0.05) is 42.3 Å². The molecule has 0 aliphatic heterocycles. The normalized spacial score (nSPS) is 14.5. The van der Waals surface area contributed by atoms with Gasteiger partial charge in [-0.05, 0) is 43.9 Å². The van der Waals surface area contributed by atoms with Crippen molar-refractivity contribution < 1.29 is 9.90 Å². The first-order chi connectivity index (χ1) is 12.8. The molecular weight excluding hydrogens is 386 g/mol. The zero-order chi connectivity index (χ0) is 19.6. The van der Waals surface area contributed by atoms with Gasteiger partial charge in [0.1, 0.15) is 0 Å². The number of aryl methyl sites for hydroxylation is 2. The van der Waals surface area contributed by atoms with Crippen molar-refractivity contribution in [2.75, 3.05) is 11.1 Å². The molecule has 2 N–H and O–H groups in total. The van der Waals surface area contributed by atoms with Crippen LogP contribution in [-0.2, 0) is 4.79 Å². The van der Waals surface area contributed by atoms with Gasteiger partial charge in [-0.3, -0.25) is 14.2 Å². The smallest absolute Gasteiger partial charge is 0.258 e. The van der Waals surface area contributed by atoms with Gasteiger partial charge < -0.3 is 10.4 Å². The molecule has 1 aromatic heterocycles. The second kappa shape index (κ2) is 8.35. The summed E-state index contributed by atoms with van der Waals surface area (Å²) in [5.74, 6) is -0.509. The van der Waals surface area contributed by atoms with Gasteiger partial charge in [0.05, 0.1) is 22.5 Å². The Morgan fingerprint density at radius 1 is 1.33 bits per heavy atom. The number of rotatable bonds is 5. The van der Waals surface area contributed by atoms with Gasteiger partial charge in [-0.15, -0.1) is 0 Å². The standard InChI is InChI=1S/C19H22ClN3O3S/c1-11-7-12(2)18(14(20)8-11)21-16(25)10-27-19-22-15(24)9-17(26)23(19)13-5-3-4-6-13/h7-9,13,24H,3-6,10H2,1-2H3,(H,21,25). The van der Waals surface area contributed by atoms with Crippen LogP contribution in [0.1, 0.15) is 42.9 Å². The van der Waals surface area contributed by atoms with E-state index < -0.39 is 0 Å². The maximum absolute atomic E-state index is 12.4. The summed E-state index contributed by atoms with van der Waals surface area (Å²) in [5, 5.41) is 13.4. The first-order valence-corrected chi connectivity index (χ1v) is 10.2. The Hall–Kier alpha value is -1.99. The summed E-state index contributed by atoms with van der Waals surface area (Å²) in [4.78, 5) is 28.8. The van der Waals surface area contributed by atoms with Crippen LogP contribution in [0, 0.1) is 13.8 Å². The van der Waals surface area contributed by atoms with Crippen molar-refractivity contribution in [1.82, 2.24) is 9.55 Å². The maximum atomic E-state index is 12.4. The molecule has 0 spiro atoms. The van der Waals surface area contributed by atoms with Crippen molar-refractivity contribution in [3.8, 4) is 5.88 Å². The Kier molecular flexibility index (Phi) is 6.11. The summed E-state index contributed by atoms with van der Waals surface area (Å²) in [5.41, 5.74) is 2.21. The Morgan fingerprint density at radius 3 is 2.70 bits per heavy atom. The number of aromatic hydroxyl groups is 1. The van der Waals surface area contributed by atoms with Crippen LogP contribution in [0.15, 0.2) is 28.2 Å². The van der Waals surface area contributed by atoms with E-state index in [-0.39, 0.29) is 29.1 Å². The molecule has 1 aromatic carbocycles. The topological polar surface area (TPSA) is 84.2 Å². The molecule has 1 heterocycles. The quantitative estimate of drug-likeness (QED) is 0.576. The lowest BCUT2D eigenvalue weighted by Gasteiger charge is -2.17. The Labute approximate surface area is 167 Å². The Bertz CT molecular complexity index is 900. The lowest BCUT2D eigenvalue weighted by atomic mass is 10.1. The lowest BCUT2D eigenvalue weighted by molar-refractivity contribution is -0.113. The fraction of sp³-hybridized carbons (Fsp3) is 0.421. The van der Waals surface area contributed by atoms with E-state index in [4.69, 9.17) is 11.6 Å². The molecule has 1 aliphatic rings. The highest BCUT2D eigenvalue weighted by atomic mass is 35.5. The molecule has 8 heteroatoms. The van der Waals surface area contributed by atoms with E-state index in [0.717, 1.165) is 54.6 Å². The summed E-state index contributed by atoms with van der Waals surface area (Å²) in [6.45, 7) is 3.83. The summed E-state index contributed by atoms with van der Waals surface area (Å²) in [6, 6.07) is 4.94. The maximum Gasteiger partial charge on any atom is 0.258 e. The van der Waals surface area contributed by atoms with Crippen molar-refractivity contribution in [2.45, 2.75) is 50.7 Å². The highest BCUT2D eigenvalue weighted by Gasteiger charge is 2.22. The predicted octanol–water partition coefficient (Wildman–Crippen LogP) is 4.07. The molecule has 0 atom stereocenters. The number of hydrogen-bond donors (Lipinski definition) is 2. The highest BCUT2D eigenvalue weighted by Crippen LogP contribution is 2.32. The number of thioether (sulfide) groups is 1. The van der Waals surface area contributed by atoms with Gasteiger partial charge in [0, 0.05) is 6.04 Å². The monoisotopic (exact) mass is 407 g/mol. The fourth-order valence-electron chi connectivity index (χ4n) is 3.44. The largest absolute Gasteiger partial charge is 0.493 e. The Morgan fingerprint density at radius 2 is 2.04 bits per heavy atom. The van der Waals surface area contributed by atoms with E-state index in [1.807, 2.05) is 19.9 Å². The summed E-state index contributed by atoms with van der Waals surface area (Å²) in [6.07, 6.45) is 3.94. The number of aromatic nitrogens is 2. The van der Waals surface area contributed by atoms with Gasteiger partial charge in [0.15, 0.2) is 5.16 Å². The van der Waals surface area contributed by atoms with Crippen molar-refractivity contribution in [3.05, 3.63) is 44.7 Å². The Balaban J connectivity index is 1.75. The molecule has 3 rings (SSSR count). The molecule has 1 fully saturated rings. The third kappa shape index (κ3) is 4.65. The summed E-state index contributed by atoms with van der Waals surface area (Å²) < 4.78 is 1.61. The molecule has 1 saturated carbocycles. The number of halogens is 1. The molecular formula is C19H22ClN3O3S. The number of amides is 1. The molecule has 0 bridgehead atoms. The molecule has 27 heavy (non-hydrogen) atoms. The first kappa shape index (κ1) is 19.8. The van der Waals surface area contributed by atoms with Crippen LogP contribution in [0.2, 0.25) is 5.02 Å². The van der Waals surface area contributed by atoms with E-state index in [2.05, 4.69) is 10.3 Å². The molecule has 1 aliphatic carbocycles. The second-order valence-electron chi connectivity index (χ2n) is 6.82. The molecule has 144 valence electrons. The van der Waals surface area contributed by atoms with Crippen LogP contribution >= 0.6 is 23.4 Å².